The standard InChI is InChI=1S/C29H27NO5/c31-28(32)27(30-29(33)35-20-22-7-2-1-3-8-22)19-21-13-15-25(16-14-21)34-18-17-24-11-6-10-23-9-4-5-12-26(23)24/h1-16,27H,17-20H2,(H,30,33)(H,31,32)/t27-/m0/s1. The van der Waals surface area contributed by atoms with E-state index in [1.54, 1.807) is 12.1 Å². The summed E-state index contributed by atoms with van der Waals surface area (Å²) in [6, 6.07) is 29.9. The first-order chi connectivity index (χ1) is 17.1. The van der Waals surface area contributed by atoms with Gasteiger partial charge < -0.3 is 19.9 Å². The van der Waals surface area contributed by atoms with Crippen molar-refractivity contribution in [3.8, 4) is 5.75 Å². The molecule has 0 fully saturated rings. The first-order valence-corrected chi connectivity index (χ1v) is 11.5. The number of fused-ring (bicyclic) bond motifs is 1. The van der Waals surface area contributed by atoms with Crippen LogP contribution in [-0.4, -0.2) is 29.8 Å². The van der Waals surface area contributed by atoms with E-state index in [2.05, 4.69) is 35.6 Å². The maximum absolute atomic E-state index is 12.1. The molecule has 4 aromatic carbocycles. The number of carbonyl (C=O) groups excluding carboxylic acids is 1. The van der Waals surface area contributed by atoms with Crippen molar-refractivity contribution in [2.45, 2.75) is 25.5 Å². The Hall–Kier alpha value is -4.32. The zero-order chi connectivity index (χ0) is 24.5. The van der Waals surface area contributed by atoms with E-state index in [9.17, 15) is 14.7 Å². The third-order valence-electron chi connectivity index (χ3n) is 5.69. The molecule has 0 aliphatic rings. The van der Waals surface area contributed by atoms with E-state index < -0.39 is 18.1 Å². The summed E-state index contributed by atoms with van der Waals surface area (Å²) in [5, 5.41) is 14.4. The lowest BCUT2D eigenvalue weighted by atomic mass is 10.0. The molecule has 4 rings (SSSR count). The second-order valence-corrected chi connectivity index (χ2v) is 8.18. The highest BCUT2D eigenvalue weighted by Gasteiger charge is 2.21. The number of alkyl carbamates (subject to hydrolysis) is 1. The van der Waals surface area contributed by atoms with Crippen LogP contribution in [-0.2, 0) is 29.0 Å². The first kappa shape index (κ1) is 23.8. The number of rotatable bonds is 10. The van der Waals surface area contributed by atoms with Crippen molar-refractivity contribution >= 4 is 22.8 Å². The van der Waals surface area contributed by atoms with E-state index in [-0.39, 0.29) is 13.0 Å². The molecular weight excluding hydrogens is 442 g/mol. The number of hydrogen-bond donors (Lipinski definition) is 2. The first-order valence-electron chi connectivity index (χ1n) is 11.5. The van der Waals surface area contributed by atoms with E-state index in [0.717, 1.165) is 17.5 Å². The van der Waals surface area contributed by atoms with Crippen molar-refractivity contribution < 1.29 is 24.2 Å². The second kappa shape index (κ2) is 11.7. The van der Waals surface area contributed by atoms with Gasteiger partial charge in [0.2, 0.25) is 0 Å². The van der Waals surface area contributed by atoms with Gasteiger partial charge in [-0.3, -0.25) is 0 Å². The van der Waals surface area contributed by atoms with Gasteiger partial charge in [-0.15, -0.1) is 0 Å². The molecule has 0 radical (unpaired) electrons. The molecule has 0 spiro atoms. The van der Waals surface area contributed by atoms with Gasteiger partial charge in [-0.25, -0.2) is 9.59 Å². The zero-order valence-corrected chi connectivity index (χ0v) is 19.2. The third-order valence-corrected chi connectivity index (χ3v) is 5.69. The number of carbonyl (C=O) groups is 2. The van der Waals surface area contributed by atoms with Crippen LogP contribution in [0.4, 0.5) is 4.79 Å². The summed E-state index contributed by atoms with van der Waals surface area (Å²) in [5.41, 5.74) is 2.82. The minimum absolute atomic E-state index is 0.0732. The van der Waals surface area contributed by atoms with E-state index in [0.29, 0.717) is 12.4 Å². The highest BCUT2D eigenvalue weighted by molar-refractivity contribution is 5.85. The van der Waals surface area contributed by atoms with Crippen LogP contribution in [0.1, 0.15) is 16.7 Å². The number of ether oxygens (including phenoxy) is 2. The van der Waals surface area contributed by atoms with E-state index >= 15 is 0 Å². The lowest BCUT2D eigenvalue weighted by Crippen LogP contribution is -2.42. The van der Waals surface area contributed by atoms with Gasteiger partial charge in [0.25, 0.3) is 0 Å². The van der Waals surface area contributed by atoms with Crippen molar-refractivity contribution in [3.63, 3.8) is 0 Å². The minimum atomic E-state index is -1.13. The van der Waals surface area contributed by atoms with Crippen molar-refractivity contribution in [1.29, 1.82) is 0 Å². The summed E-state index contributed by atoms with van der Waals surface area (Å²) in [5.74, 6) is -0.423. The maximum atomic E-state index is 12.1. The Morgan fingerprint density at radius 1 is 0.800 bits per heavy atom. The molecule has 0 aromatic heterocycles. The molecule has 0 heterocycles. The summed E-state index contributed by atoms with van der Waals surface area (Å²) in [4.78, 5) is 23.7. The third kappa shape index (κ3) is 6.84. The predicted molar refractivity (Wildman–Crippen MR) is 134 cm³/mol. The van der Waals surface area contributed by atoms with Crippen LogP contribution in [0.2, 0.25) is 0 Å². The summed E-state index contributed by atoms with van der Waals surface area (Å²) >= 11 is 0. The van der Waals surface area contributed by atoms with Crippen molar-refractivity contribution in [2.24, 2.45) is 0 Å². The number of aliphatic carboxylic acids is 1. The molecule has 2 N–H and O–H groups in total. The average Bonchev–Trinajstić information content (AvgIpc) is 2.89. The number of benzene rings is 4. The average molecular weight is 470 g/mol. The fraction of sp³-hybridized carbons (Fsp3) is 0.172. The van der Waals surface area contributed by atoms with Crippen LogP contribution < -0.4 is 10.1 Å². The number of nitrogens with one attached hydrogen (secondary N) is 1. The number of amides is 1. The molecule has 1 atom stereocenters. The van der Waals surface area contributed by atoms with E-state index in [1.165, 1.54) is 16.3 Å². The van der Waals surface area contributed by atoms with Gasteiger partial charge in [0.05, 0.1) is 6.61 Å². The summed E-state index contributed by atoms with van der Waals surface area (Å²) < 4.78 is 11.0. The SMILES string of the molecule is O=C(N[C@@H](Cc1ccc(OCCc2cccc3ccccc23)cc1)C(=O)O)OCc1ccccc1. The fourth-order valence-corrected chi connectivity index (χ4v) is 3.85. The Morgan fingerprint density at radius 3 is 2.29 bits per heavy atom. The Balaban J connectivity index is 1.27. The van der Waals surface area contributed by atoms with Gasteiger partial charge in [0, 0.05) is 12.8 Å². The molecule has 4 aromatic rings. The second-order valence-electron chi connectivity index (χ2n) is 8.18. The quantitative estimate of drug-likeness (QED) is 0.326. The molecule has 0 unspecified atom stereocenters. The molecule has 0 saturated carbocycles. The van der Waals surface area contributed by atoms with Crippen LogP contribution in [0.5, 0.6) is 5.75 Å². The monoisotopic (exact) mass is 469 g/mol. The Kier molecular flexibility index (Phi) is 7.96. The largest absolute Gasteiger partial charge is 0.493 e. The zero-order valence-electron chi connectivity index (χ0n) is 19.2. The van der Waals surface area contributed by atoms with Crippen molar-refractivity contribution in [3.05, 3.63) is 114 Å². The topological polar surface area (TPSA) is 84.9 Å². The Morgan fingerprint density at radius 2 is 1.51 bits per heavy atom. The minimum Gasteiger partial charge on any atom is -0.493 e. The fourth-order valence-electron chi connectivity index (χ4n) is 3.85. The molecule has 6 heteroatoms. The van der Waals surface area contributed by atoms with Gasteiger partial charge in [-0.2, -0.15) is 0 Å². The van der Waals surface area contributed by atoms with Gasteiger partial charge in [0.15, 0.2) is 0 Å². The lowest BCUT2D eigenvalue weighted by molar-refractivity contribution is -0.139. The molecule has 35 heavy (non-hydrogen) atoms. The van der Waals surface area contributed by atoms with Crippen LogP contribution in [0, 0.1) is 0 Å². The molecule has 6 nitrogen and oxygen atoms in total. The lowest BCUT2D eigenvalue weighted by Gasteiger charge is -2.15. The molecule has 1 amide bonds. The normalized spacial score (nSPS) is 11.5. The predicted octanol–water partition coefficient (Wildman–Crippen LogP) is 5.38. The summed E-state index contributed by atoms with van der Waals surface area (Å²) in [7, 11) is 0. The van der Waals surface area contributed by atoms with Gasteiger partial charge in [-0.05, 0) is 39.6 Å². The Labute approximate surface area is 204 Å². The maximum Gasteiger partial charge on any atom is 0.408 e. The molecule has 0 saturated heterocycles. The van der Waals surface area contributed by atoms with Gasteiger partial charge in [-0.1, -0.05) is 84.9 Å². The van der Waals surface area contributed by atoms with Crippen molar-refractivity contribution in [1.82, 2.24) is 5.32 Å². The molecule has 0 aliphatic heterocycles. The number of carboxylic acids is 1. The molecule has 0 bridgehead atoms. The van der Waals surface area contributed by atoms with E-state index in [1.807, 2.05) is 54.6 Å². The Bertz CT molecular complexity index is 1270. The highest BCUT2D eigenvalue weighted by Crippen LogP contribution is 2.20. The summed E-state index contributed by atoms with van der Waals surface area (Å²) in [6.45, 7) is 0.601. The van der Waals surface area contributed by atoms with Crippen LogP contribution in [0.3, 0.4) is 0 Å². The number of carboxylic acid groups (broad SMARTS) is 1. The van der Waals surface area contributed by atoms with Gasteiger partial charge in [0.1, 0.15) is 18.4 Å². The van der Waals surface area contributed by atoms with Crippen LogP contribution in [0.15, 0.2) is 97.1 Å². The highest BCUT2D eigenvalue weighted by atomic mass is 16.5. The van der Waals surface area contributed by atoms with Crippen molar-refractivity contribution in [2.75, 3.05) is 6.61 Å². The number of hydrogen-bond acceptors (Lipinski definition) is 4. The smallest absolute Gasteiger partial charge is 0.408 e. The molecule has 178 valence electrons. The molecule has 0 aliphatic carbocycles. The molecular formula is C29H27NO5. The summed E-state index contributed by atoms with van der Waals surface area (Å²) in [6.07, 6.45) is 0.139. The van der Waals surface area contributed by atoms with Crippen LogP contribution >= 0.6 is 0 Å². The van der Waals surface area contributed by atoms with E-state index in [4.69, 9.17) is 9.47 Å². The van der Waals surface area contributed by atoms with Crippen LogP contribution in [0.25, 0.3) is 10.8 Å². The van der Waals surface area contributed by atoms with Gasteiger partial charge >= 0.3 is 12.1 Å².